The lowest BCUT2D eigenvalue weighted by molar-refractivity contribution is -0.141. The summed E-state index contributed by atoms with van der Waals surface area (Å²) in [7, 11) is -3.23. The third-order valence-electron chi connectivity index (χ3n) is 5.23. The monoisotopic (exact) mass is 440 g/mol. The summed E-state index contributed by atoms with van der Waals surface area (Å²) in [5.74, 6) is 0.0879. The highest BCUT2D eigenvalue weighted by Crippen LogP contribution is 2.34. The second-order valence-electron chi connectivity index (χ2n) is 7.39. The molecule has 0 atom stereocenters. The number of urea groups is 1. The van der Waals surface area contributed by atoms with Crippen molar-refractivity contribution >= 4 is 27.4 Å². The smallest absolute Gasteiger partial charge is 0.434 e. The van der Waals surface area contributed by atoms with Crippen molar-refractivity contribution in [3.05, 3.63) is 11.1 Å². The van der Waals surface area contributed by atoms with Gasteiger partial charge in [-0.25, -0.2) is 17.9 Å². The Labute approximate surface area is 163 Å². The molecule has 0 bridgehead atoms. The van der Waals surface area contributed by atoms with E-state index in [0.29, 0.717) is 45.4 Å². The highest BCUT2D eigenvalue weighted by atomic mass is 32.2. The first-order valence-corrected chi connectivity index (χ1v) is 11.3. The van der Waals surface area contributed by atoms with E-state index in [1.165, 1.54) is 0 Å². The number of alkyl halides is 3. The summed E-state index contributed by atoms with van der Waals surface area (Å²) in [5, 5.41) is 0.903. The second-order valence-corrected chi connectivity index (χ2v) is 10.1. The first-order chi connectivity index (χ1) is 13.1. The first kappa shape index (κ1) is 19.7. The van der Waals surface area contributed by atoms with E-state index in [-0.39, 0.29) is 23.1 Å². The number of nitrogens with one attached hydrogen (secondary N) is 1. The number of likely N-dealkylation sites (tertiary alicyclic amines) is 2. The molecular weight excluding hydrogens is 421 g/mol. The van der Waals surface area contributed by atoms with Gasteiger partial charge in [-0.05, 0) is 6.42 Å². The van der Waals surface area contributed by atoms with Crippen LogP contribution in [0.25, 0.3) is 0 Å². The number of rotatable bonds is 2. The van der Waals surface area contributed by atoms with E-state index in [0.717, 1.165) is 16.7 Å². The van der Waals surface area contributed by atoms with Crippen LogP contribution in [0.5, 0.6) is 5.19 Å². The fourth-order valence-corrected chi connectivity index (χ4v) is 6.15. The minimum atomic E-state index is -4.49. The van der Waals surface area contributed by atoms with E-state index in [2.05, 4.69) is 9.71 Å². The average Bonchev–Trinajstić information content (AvgIpc) is 3.17. The molecule has 2 amide bonds. The minimum Gasteiger partial charge on any atom is -0.467 e. The number of carbonyl (C=O) groups is 1. The van der Waals surface area contributed by atoms with E-state index in [9.17, 15) is 26.4 Å². The quantitative estimate of drug-likeness (QED) is 0.753. The van der Waals surface area contributed by atoms with Crippen LogP contribution in [0.15, 0.2) is 5.38 Å². The molecule has 3 aliphatic heterocycles. The van der Waals surface area contributed by atoms with Crippen LogP contribution >= 0.6 is 11.3 Å². The van der Waals surface area contributed by atoms with Crippen LogP contribution in [0.4, 0.5) is 18.0 Å². The topological polar surface area (TPSA) is 91.8 Å². The lowest BCUT2D eigenvalue weighted by Gasteiger charge is -2.49. The fraction of sp³-hybridized carbons (Fsp3) is 0.733. The van der Waals surface area contributed by atoms with Gasteiger partial charge in [0.2, 0.25) is 10.0 Å². The average molecular weight is 440 g/mol. The zero-order chi connectivity index (χ0) is 20.2. The van der Waals surface area contributed by atoms with Gasteiger partial charge in [-0.2, -0.15) is 18.2 Å². The van der Waals surface area contributed by atoms with E-state index >= 15 is 0 Å². The van der Waals surface area contributed by atoms with Gasteiger partial charge in [-0.3, -0.25) is 0 Å². The van der Waals surface area contributed by atoms with Crippen LogP contribution in [0.3, 0.4) is 0 Å². The first-order valence-electron chi connectivity index (χ1n) is 8.80. The molecule has 3 aliphatic rings. The summed E-state index contributed by atoms with van der Waals surface area (Å²) in [4.78, 5) is 19.3. The highest BCUT2D eigenvalue weighted by Gasteiger charge is 2.52. The van der Waals surface area contributed by atoms with Gasteiger partial charge in [0.05, 0.1) is 11.3 Å². The molecular formula is C15H19F3N4O4S2. The fourth-order valence-electron chi connectivity index (χ4n) is 3.75. The summed E-state index contributed by atoms with van der Waals surface area (Å²) in [6.07, 6.45) is -3.28. The van der Waals surface area contributed by atoms with E-state index in [4.69, 9.17) is 4.74 Å². The lowest BCUT2D eigenvalue weighted by atomic mass is 9.88. The summed E-state index contributed by atoms with van der Waals surface area (Å²) >= 11 is 0.807. The molecule has 8 nitrogen and oxygen atoms in total. The number of halogens is 3. The molecule has 1 aromatic heterocycles. The van der Waals surface area contributed by atoms with Crippen molar-refractivity contribution in [3.63, 3.8) is 0 Å². The van der Waals surface area contributed by atoms with E-state index in [1.807, 2.05) is 0 Å². The summed E-state index contributed by atoms with van der Waals surface area (Å²) in [6.45, 7) is 1.58. The number of aromatic nitrogens is 1. The zero-order valence-electron chi connectivity index (χ0n) is 14.7. The summed E-state index contributed by atoms with van der Waals surface area (Å²) in [6, 6.07) is -0.149. The highest BCUT2D eigenvalue weighted by molar-refractivity contribution is 7.89. The Balaban J connectivity index is 1.25. The number of sulfonamides is 1. The SMILES string of the molecule is O=C(N1CCC(Oc2nc(C(F)(F)F)cs2)CC1)N1CC2(CCS(=O)(=O)N2)C1. The molecule has 0 radical (unpaired) electrons. The number of ether oxygens (including phenoxy) is 1. The number of carbonyl (C=O) groups excluding carboxylic acids is 1. The molecule has 0 aliphatic carbocycles. The Morgan fingerprint density at radius 3 is 2.50 bits per heavy atom. The van der Waals surface area contributed by atoms with Crippen molar-refractivity contribution in [2.24, 2.45) is 0 Å². The number of piperidine rings is 1. The van der Waals surface area contributed by atoms with Crippen LogP contribution in [-0.2, 0) is 16.2 Å². The van der Waals surface area contributed by atoms with Crippen LogP contribution in [0, 0.1) is 0 Å². The van der Waals surface area contributed by atoms with Gasteiger partial charge in [-0.15, -0.1) is 0 Å². The molecule has 28 heavy (non-hydrogen) atoms. The van der Waals surface area contributed by atoms with Crippen molar-refractivity contribution in [1.29, 1.82) is 0 Å². The third-order valence-corrected chi connectivity index (χ3v) is 7.45. The van der Waals surface area contributed by atoms with Gasteiger partial charge in [0.1, 0.15) is 6.10 Å². The van der Waals surface area contributed by atoms with E-state index in [1.54, 1.807) is 9.80 Å². The van der Waals surface area contributed by atoms with Gasteiger partial charge in [0.15, 0.2) is 5.69 Å². The molecule has 3 fully saturated rings. The molecule has 1 N–H and O–H groups in total. The molecule has 13 heteroatoms. The van der Waals surface area contributed by atoms with Crippen molar-refractivity contribution < 1.29 is 31.1 Å². The zero-order valence-corrected chi connectivity index (χ0v) is 16.4. The maximum atomic E-state index is 12.6. The maximum Gasteiger partial charge on any atom is 0.434 e. The number of amides is 2. The normalized spacial score (nSPS) is 24.4. The Hall–Kier alpha value is -1.60. The minimum absolute atomic E-state index is 0.0182. The molecule has 1 spiro atoms. The van der Waals surface area contributed by atoms with Gasteiger partial charge < -0.3 is 14.5 Å². The Bertz CT molecular complexity index is 859. The van der Waals surface area contributed by atoms with Gasteiger partial charge in [-0.1, -0.05) is 11.3 Å². The number of hydrogen-bond donors (Lipinski definition) is 1. The number of hydrogen-bond acceptors (Lipinski definition) is 6. The number of thiazole rings is 1. The predicted molar refractivity (Wildman–Crippen MR) is 93.6 cm³/mol. The van der Waals surface area contributed by atoms with Crippen molar-refractivity contribution in [2.45, 2.75) is 37.1 Å². The molecule has 1 aromatic rings. The maximum absolute atomic E-state index is 12.6. The lowest BCUT2D eigenvalue weighted by Crippen LogP contribution is -2.70. The van der Waals surface area contributed by atoms with Crippen molar-refractivity contribution in [3.8, 4) is 5.19 Å². The van der Waals surface area contributed by atoms with Crippen LogP contribution in [0.1, 0.15) is 25.0 Å². The summed E-state index contributed by atoms with van der Waals surface area (Å²) in [5.41, 5.74) is -1.48. The van der Waals surface area contributed by atoms with Gasteiger partial charge in [0, 0.05) is 44.4 Å². The largest absolute Gasteiger partial charge is 0.467 e. The number of nitrogens with zero attached hydrogens (tertiary/aromatic N) is 3. The van der Waals surface area contributed by atoms with Gasteiger partial charge in [0.25, 0.3) is 5.19 Å². The molecule has 4 heterocycles. The van der Waals surface area contributed by atoms with Crippen LogP contribution in [-0.4, -0.2) is 72.8 Å². The molecule has 0 unspecified atom stereocenters. The van der Waals surface area contributed by atoms with Gasteiger partial charge >= 0.3 is 12.2 Å². The Morgan fingerprint density at radius 1 is 1.29 bits per heavy atom. The molecule has 3 saturated heterocycles. The molecule has 156 valence electrons. The Kier molecular flexibility index (Phi) is 4.74. The van der Waals surface area contributed by atoms with Crippen LogP contribution < -0.4 is 9.46 Å². The molecule has 0 saturated carbocycles. The van der Waals surface area contributed by atoms with Crippen molar-refractivity contribution in [1.82, 2.24) is 19.5 Å². The van der Waals surface area contributed by atoms with Crippen molar-refractivity contribution in [2.75, 3.05) is 31.9 Å². The molecule has 0 aromatic carbocycles. The Morgan fingerprint density at radius 2 is 1.96 bits per heavy atom. The molecule has 4 rings (SSSR count). The summed E-state index contributed by atoms with van der Waals surface area (Å²) < 4.78 is 69.0. The second kappa shape index (κ2) is 6.73. The third kappa shape index (κ3) is 3.92. The van der Waals surface area contributed by atoms with E-state index < -0.39 is 27.4 Å². The standard InChI is InChI=1S/C15H19F3N4O4S2/c16-15(17,18)11-7-27-12(19-11)26-10-1-4-21(5-2-10)13(23)22-8-14(9-22)3-6-28(24,25)20-14/h7,10,20H,1-6,8-9H2. The van der Waals surface area contributed by atoms with Crippen LogP contribution in [0.2, 0.25) is 0 Å². The predicted octanol–water partition coefficient (Wildman–Crippen LogP) is 1.50.